The lowest BCUT2D eigenvalue weighted by atomic mass is 10.2. The van der Waals surface area contributed by atoms with Crippen molar-refractivity contribution >= 4 is 18.0 Å². The fourth-order valence-corrected chi connectivity index (χ4v) is 0.915. The Bertz CT molecular complexity index is 401. The van der Waals surface area contributed by atoms with E-state index in [0.29, 0.717) is 6.29 Å². The number of hydrogen-bond acceptors (Lipinski definition) is 3. The molecule has 0 saturated carbocycles. The molecule has 0 radical (unpaired) electrons. The highest BCUT2D eigenvalue weighted by molar-refractivity contribution is 5.74. The molecule has 0 fully saturated rings. The summed E-state index contributed by atoms with van der Waals surface area (Å²) in [6, 6.07) is 3.12. The van der Waals surface area contributed by atoms with Crippen LogP contribution < -0.4 is 0 Å². The SMILES string of the molecule is O=CC=Cc1cc([N+](=O)[O-])ccc1F. The summed E-state index contributed by atoms with van der Waals surface area (Å²) in [4.78, 5) is 19.7. The second-order valence-corrected chi connectivity index (χ2v) is 2.46. The highest BCUT2D eigenvalue weighted by atomic mass is 19.1. The molecule has 1 aromatic rings. The number of carbonyl (C=O) groups excluding carboxylic acids is 1. The molecule has 0 saturated heterocycles. The Morgan fingerprint density at radius 1 is 1.43 bits per heavy atom. The van der Waals surface area contributed by atoms with Crippen LogP contribution in [0.1, 0.15) is 5.56 Å². The van der Waals surface area contributed by atoms with Crippen molar-refractivity contribution in [3.8, 4) is 0 Å². The lowest BCUT2D eigenvalue weighted by Crippen LogP contribution is -1.90. The first-order valence-electron chi connectivity index (χ1n) is 3.71. The molecule has 0 unspecified atom stereocenters. The fourth-order valence-electron chi connectivity index (χ4n) is 0.915. The molecule has 72 valence electrons. The maximum atomic E-state index is 13.0. The van der Waals surface area contributed by atoms with Crippen LogP contribution in [0.15, 0.2) is 24.3 Å². The highest BCUT2D eigenvalue weighted by Gasteiger charge is 2.08. The third-order valence-electron chi connectivity index (χ3n) is 1.54. The van der Waals surface area contributed by atoms with Gasteiger partial charge in [0, 0.05) is 17.7 Å². The van der Waals surface area contributed by atoms with Gasteiger partial charge >= 0.3 is 0 Å². The van der Waals surface area contributed by atoms with Crippen molar-refractivity contribution in [2.75, 3.05) is 0 Å². The van der Waals surface area contributed by atoms with Gasteiger partial charge in [0.1, 0.15) is 12.1 Å². The number of halogens is 1. The first kappa shape index (κ1) is 10.0. The molecule has 1 aromatic carbocycles. The van der Waals surface area contributed by atoms with Crippen molar-refractivity contribution in [1.82, 2.24) is 0 Å². The van der Waals surface area contributed by atoms with Gasteiger partial charge in [-0.3, -0.25) is 14.9 Å². The molecule has 0 aromatic heterocycles. The Hall–Kier alpha value is -2.04. The van der Waals surface area contributed by atoms with Gasteiger partial charge < -0.3 is 0 Å². The van der Waals surface area contributed by atoms with Crippen LogP contribution in [0, 0.1) is 15.9 Å². The van der Waals surface area contributed by atoms with Crippen molar-refractivity contribution in [1.29, 1.82) is 0 Å². The number of allylic oxidation sites excluding steroid dienone is 1. The largest absolute Gasteiger partial charge is 0.299 e. The van der Waals surface area contributed by atoms with Gasteiger partial charge in [0.25, 0.3) is 5.69 Å². The van der Waals surface area contributed by atoms with Gasteiger partial charge in [0.15, 0.2) is 0 Å². The molecule has 0 bridgehead atoms. The van der Waals surface area contributed by atoms with Crippen LogP contribution >= 0.6 is 0 Å². The summed E-state index contributed by atoms with van der Waals surface area (Å²) in [5, 5.41) is 10.3. The lowest BCUT2D eigenvalue weighted by molar-refractivity contribution is -0.384. The minimum absolute atomic E-state index is 0.0197. The average Bonchev–Trinajstić information content (AvgIpc) is 2.16. The first-order valence-corrected chi connectivity index (χ1v) is 3.71. The molecule has 0 aliphatic carbocycles. The van der Waals surface area contributed by atoms with E-state index in [1.807, 2.05) is 0 Å². The van der Waals surface area contributed by atoms with Crippen LogP contribution in [-0.4, -0.2) is 11.2 Å². The Labute approximate surface area is 78.8 Å². The summed E-state index contributed by atoms with van der Waals surface area (Å²) in [5.41, 5.74) is -0.191. The highest BCUT2D eigenvalue weighted by Crippen LogP contribution is 2.17. The third-order valence-corrected chi connectivity index (χ3v) is 1.54. The summed E-state index contributed by atoms with van der Waals surface area (Å²) in [5.74, 6) is -0.603. The molecule has 0 aliphatic heterocycles. The zero-order valence-electron chi connectivity index (χ0n) is 7.01. The number of nitro benzene ring substituents is 1. The molecule has 0 amide bonds. The quantitative estimate of drug-likeness (QED) is 0.320. The number of nitro groups is 1. The predicted octanol–water partition coefficient (Wildman–Crippen LogP) is 1.95. The van der Waals surface area contributed by atoms with E-state index in [4.69, 9.17) is 0 Å². The first-order chi connectivity index (χ1) is 6.65. The Morgan fingerprint density at radius 3 is 2.71 bits per heavy atom. The number of rotatable bonds is 3. The molecule has 0 atom stereocenters. The second kappa shape index (κ2) is 4.27. The van der Waals surface area contributed by atoms with Crippen molar-refractivity contribution < 1.29 is 14.1 Å². The van der Waals surface area contributed by atoms with Crippen molar-refractivity contribution in [3.05, 3.63) is 45.8 Å². The van der Waals surface area contributed by atoms with Crippen LogP contribution in [0.5, 0.6) is 0 Å². The molecule has 4 nitrogen and oxygen atoms in total. The van der Waals surface area contributed by atoms with Gasteiger partial charge in [-0.05, 0) is 18.2 Å². The summed E-state index contributed by atoms with van der Waals surface area (Å²) in [6.07, 6.45) is 2.72. The van der Waals surface area contributed by atoms with Gasteiger partial charge in [0.2, 0.25) is 0 Å². The number of nitrogens with zero attached hydrogens (tertiary/aromatic N) is 1. The van der Waals surface area contributed by atoms with Crippen LogP contribution in [0.4, 0.5) is 10.1 Å². The number of non-ortho nitro benzene ring substituents is 1. The van der Waals surface area contributed by atoms with Gasteiger partial charge in [-0.1, -0.05) is 0 Å². The molecule has 0 N–H and O–H groups in total. The van der Waals surface area contributed by atoms with E-state index in [1.165, 1.54) is 6.08 Å². The molecular formula is C9H6FNO3. The van der Waals surface area contributed by atoms with E-state index in [1.54, 1.807) is 0 Å². The molecule has 0 heterocycles. The third kappa shape index (κ3) is 2.22. The van der Waals surface area contributed by atoms with E-state index in [9.17, 15) is 19.3 Å². The van der Waals surface area contributed by atoms with E-state index < -0.39 is 10.7 Å². The Balaban J connectivity index is 3.14. The summed E-state index contributed by atoms with van der Waals surface area (Å²) >= 11 is 0. The summed E-state index contributed by atoms with van der Waals surface area (Å²) in [6.45, 7) is 0. The zero-order valence-corrected chi connectivity index (χ0v) is 7.01. The smallest absolute Gasteiger partial charge is 0.270 e. The van der Waals surface area contributed by atoms with Gasteiger partial charge in [0.05, 0.1) is 4.92 Å². The second-order valence-electron chi connectivity index (χ2n) is 2.46. The minimum Gasteiger partial charge on any atom is -0.299 e. The van der Waals surface area contributed by atoms with Crippen molar-refractivity contribution in [2.45, 2.75) is 0 Å². The van der Waals surface area contributed by atoms with Gasteiger partial charge in [-0.2, -0.15) is 0 Å². The lowest BCUT2D eigenvalue weighted by Gasteiger charge is -1.95. The number of benzene rings is 1. The van der Waals surface area contributed by atoms with Crippen LogP contribution in [0.25, 0.3) is 6.08 Å². The maximum Gasteiger partial charge on any atom is 0.270 e. The topological polar surface area (TPSA) is 60.2 Å². The van der Waals surface area contributed by atoms with Crippen LogP contribution in [0.3, 0.4) is 0 Å². The van der Waals surface area contributed by atoms with Gasteiger partial charge in [-0.15, -0.1) is 0 Å². The van der Waals surface area contributed by atoms with E-state index in [-0.39, 0.29) is 11.3 Å². The molecule has 0 aliphatic rings. The Morgan fingerprint density at radius 2 is 2.14 bits per heavy atom. The van der Waals surface area contributed by atoms with Crippen molar-refractivity contribution in [2.24, 2.45) is 0 Å². The summed E-state index contributed by atoms with van der Waals surface area (Å²) in [7, 11) is 0. The number of carbonyl (C=O) groups is 1. The minimum atomic E-state index is -0.627. The normalized spacial score (nSPS) is 10.4. The van der Waals surface area contributed by atoms with E-state index in [0.717, 1.165) is 24.3 Å². The van der Waals surface area contributed by atoms with E-state index in [2.05, 4.69) is 0 Å². The predicted molar refractivity (Wildman–Crippen MR) is 48.2 cm³/mol. The fraction of sp³-hybridized carbons (Fsp3) is 0. The number of aldehydes is 1. The van der Waals surface area contributed by atoms with Crippen molar-refractivity contribution in [3.63, 3.8) is 0 Å². The Kier molecular flexibility index (Phi) is 3.06. The standard InChI is InChI=1S/C9H6FNO3/c10-9-4-3-8(11(13)14)6-7(9)2-1-5-12/h1-6H. The number of hydrogen-bond donors (Lipinski definition) is 0. The molecule has 1 rings (SSSR count). The van der Waals surface area contributed by atoms with Crippen LogP contribution in [0.2, 0.25) is 0 Å². The zero-order chi connectivity index (χ0) is 10.6. The van der Waals surface area contributed by atoms with Gasteiger partial charge in [-0.25, -0.2) is 4.39 Å². The maximum absolute atomic E-state index is 13.0. The monoisotopic (exact) mass is 195 g/mol. The average molecular weight is 195 g/mol. The summed E-state index contributed by atoms with van der Waals surface area (Å²) < 4.78 is 13.0. The molecule has 14 heavy (non-hydrogen) atoms. The van der Waals surface area contributed by atoms with Crippen LogP contribution in [-0.2, 0) is 4.79 Å². The van der Waals surface area contributed by atoms with E-state index >= 15 is 0 Å². The molecule has 0 spiro atoms. The molecule has 5 heteroatoms. The molecular weight excluding hydrogens is 189 g/mol.